The van der Waals surface area contributed by atoms with Crippen LogP contribution in [0.2, 0.25) is 30.7 Å². The highest BCUT2D eigenvalue weighted by Gasteiger charge is 2.30. The summed E-state index contributed by atoms with van der Waals surface area (Å²) in [7, 11) is 0.182. The van der Waals surface area contributed by atoms with Crippen molar-refractivity contribution in [2.75, 3.05) is 6.61 Å². The molecule has 0 aliphatic heterocycles. The molecule has 2 amide bonds. The number of aryl methyl sites for hydroxylation is 1. The molecular formula is C35H52ClN5O5Si. The molecule has 1 aliphatic rings. The number of amides is 2. The first-order valence-corrected chi connectivity index (χ1v) is 20.6. The number of nitrogens with one attached hydrogen (secondary N) is 2. The van der Waals surface area contributed by atoms with Crippen molar-refractivity contribution in [2.24, 2.45) is 12.5 Å². The van der Waals surface area contributed by atoms with Crippen molar-refractivity contribution in [3.05, 3.63) is 45.6 Å². The summed E-state index contributed by atoms with van der Waals surface area (Å²) in [5.74, 6) is -0.309. The second-order valence-corrected chi connectivity index (χ2v) is 22.2. The molecule has 3 aromatic rings. The number of aromatic nitrogens is 3. The molecule has 258 valence electrons. The Morgan fingerprint density at radius 3 is 2.45 bits per heavy atom. The van der Waals surface area contributed by atoms with E-state index < -0.39 is 19.7 Å². The molecule has 0 saturated heterocycles. The molecular weight excluding hydrogens is 634 g/mol. The number of carbonyl (C=O) groups is 2. The summed E-state index contributed by atoms with van der Waals surface area (Å²) in [4.78, 5) is 45.2. The molecule has 1 aromatic carbocycles. The van der Waals surface area contributed by atoms with Crippen molar-refractivity contribution < 1.29 is 19.4 Å². The van der Waals surface area contributed by atoms with Crippen molar-refractivity contribution >= 4 is 42.5 Å². The molecule has 1 saturated carbocycles. The first-order valence-electron chi connectivity index (χ1n) is 16.6. The van der Waals surface area contributed by atoms with E-state index in [4.69, 9.17) is 16.3 Å². The number of aliphatic hydroxyl groups excluding tert-OH is 1. The third kappa shape index (κ3) is 9.48. The molecule has 0 radical (unpaired) electrons. The highest BCUT2D eigenvalue weighted by atomic mass is 35.5. The van der Waals surface area contributed by atoms with E-state index in [1.54, 1.807) is 29.9 Å². The van der Waals surface area contributed by atoms with Gasteiger partial charge < -0.3 is 29.6 Å². The quantitative estimate of drug-likeness (QED) is 0.208. The fourth-order valence-corrected chi connectivity index (χ4v) is 7.55. The zero-order chi connectivity index (χ0) is 34.9. The van der Waals surface area contributed by atoms with E-state index in [0.717, 1.165) is 25.3 Å². The van der Waals surface area contributed by atoms with Gasteiger partial charge in [0, 0.05) is 32.4 Å². The number of hydrogen-bond donors (Lipinski definition) is 3. The van der Waals surface area contributed by atoms with Crippen molar-refractivity contribution in [2.45, 2.75) is 117 Å². The Bertz CT molecular complexity index is 1680. The Hall–Kier alpha value is -3.15. The van der Waals surface area contributed by atoms with E-state index >= 15 is 0 Å². The van der Waals surface area contributed by atoms with E-state index in [-0.39, 0.29) is 46.0 Å². The van der Waals surface area contributed by atoms with Gasteiger partial charge in [0.05, 0.1) is 41.1 Å². The molecule has 1 fully saturated rings. The van der Waals surface area contributed by atoms with Crippen LogP contribution in [0, 0.1) is 5.41 Å². The van der Waals surface area contributed by atoms with Gasteiger partial charge in [-0.05, 0) is 62.3 Å². The van der Waals surface area contributed by atoms with Gasteiger partial charge in [-0.1, -0.05) is 64.9 Å². The van der Waals surface area contributed by atoms with Crippen molar-refractivity contribution in [3.8, 4) is 16.9 Å². The summed E-state index contributed by atoms with van der Waals surface area (Å²) in [6.45, 7) is 17.5. The molecule has 2 atom stereocenters. The number of fused-ring (bicyclic) bond motifs is 1. The minimum atomic E-state index is -1.44. The van der Waals surface area contributed by atoms with Crippen molar-refractivity contribution in [3.63, 3.8) is 0 Å². The number of aliphatic hydroxyl groups is 1. The van der Waals surface area contributed by atoms with Gasteiger partial charge in [0.1, 0.15) is 12.2 Å². The predicted molar refractivity (Wildman–Crippen MR) is 191 cm³/mol. The van der Waals surface area contributed by atoms with Gasteiger partial charge in [-0.15, -0.1) is 0 Å². The van der Waals surface area contributed by atoms with Gasteiger partial charge in [-0.3, -0.25) is 14.4 Å². The maximum absolute atomic E-state index is 14.0. The van der Waals surface area contributed by atoms with Gasteiger partial charge in [-0.25, -0.2) is 4.98 Å². The van der Waals surface area contributed by atoms with Crippen LogP contribution in [-0.2, 0) is 18.4 Å². The monoisotopic (exact) mass is 685 g/mol. The second-order valence-electron chi connectivity index (χ2n) is 16.1. The molecule has 0 bridgehead atoms. The molecule has 10 nitrogen and oxygen atoms in total. The normalized spacial score (nSPS) is 17.5. The topological polar surface area (TPSA) is 127 Å². The van der Waals surface area contributed by atoms with Crippen LogP contribution in [-0.4, -0.2) is 63.4 Å². The van der Waals surface area contributed by atoms with Crippen molar-refractivity contribution in [1.82, 2.24) is 24.8 Å². The smallest absolute Gasteiger partial charge is 0.263 e. The fourth-order valence-electron chi connectivity index (χ4n) is 6.56. The summed E-state index contributed by atoms with van der Waals surface area (Å²) in [6, 6.07) is 3.99. The Morgan fingerprint density at radius 2 is 1.81 bits per heavy atom. The van der Waals surface area contributed by atoms with Gasteiger partial charge in [0.15, 0.2) is 5.75 Å². The van der Waals surface area contributed by atoms with E-state index in [9.17, 15) is 19.5 Å². The highest BCUT2D eigenvalue weighted by molar-refractivity contribution is 6.76. The first-order chi connectivity index (χ1) is 21.7. The number of halogens is 1. The molecule has 1 aliphatic carbocycles. The summed E-state index contributed by atoms with van der Waals surface area (Å²) in [6.07, 6.45) is 6.53. The largest absolute Gasteiger partial charge is 0.491 e. The molecule has 12 heteroatoms. The van der Waals surface area contributed by atoms with E-state index in [1.165, 1.54) is 10.9 Å². The van der Waals surface area contributed by atoms with E-state index in [0.29, 0.717) is 47.4 Å². The van der Waals surface area contributed by atoms with Gasteiger partial charge in [0.2, 0.25) is 5.91 Å². The maximum atomic E-state index is 14.0. The molecule has 4 rings (SSSR count). The number of carbonyl (C=O) groups excluding carboxylic acids is 2. The van der Waals surface area contributed by atoms with Crippen LogP contribution in [0.25, 0.3) is 22.2 Å². The zero-order valence-corrected chi connectivity index (χ0v) is 31.2. The predicted octanol–water partition coefficient (Wildman–Crippen LogP) is 6.14. The average Bonchev–Trinajstić information content (AvgIpc) is 3.29. The van der Waals surface area contributed by atoms with Crippen LogP contribution in [0.5, 0.6) is 5.75 Å². The fraction of sp³-hybridized carbons (Fsp3) is 0.600. The lowest BCUT2D eigenvalue weighted by molar-refractivity contribution is -0.123. The van der Waals surface area contributed by atoms with E-state index in [1.807, 2.05) is 13.8 Å². The Morgan fingerprint density at radius 1 is 1.13 bits per heavy atom. The Balaban J connectivity index is 1.79. The minimum Gasteiger partial charge on any atom is -0.491 e. The van der Waals surface area contributed by atoms with Crippen LogP contribution in [0.4, 0.5) is 0 Å². The lowest BCUT2D eigenvalue weighted by Gasteiger charge is -2.33. The highest BCUT2D eigenvalue weighted by Crippen LogP contribution is 2.38. The number of nitrogens with zero attached hydrogens (tertiary/aromatic N) is 3. The third-order valence-electron chi connectivity index (χ3n) is 8.45. The molecule has 0 spiro atoms. The molecule has 47 heavy (non-hydrogen) atoms. The van der Waals surface area contributed by atoms with Crippen LogP contribution in [0.3, 0.4) is 0 Å². The van der Waals surface area contributed by atoms with E-state index in [2.05, 4.69) is 56.0 Å². The summed E-state index contributed by atoms with van der Waals surface area (Å²) in [5.41, 5.74) is 0.796. The zero-order valence-electron chi connectivity index (χ0n) is 29.4. The lowest BCUT2D eigenvalue weighted by Crippen LogP contribution is -2.46. The Labute approximate surface area is 284 Å². The van der Waals surface area contributed by atoms with Gasteiger partial charge in [0.25, 0.3) is 11.5 Å². The first kappa shape index (κ1) is 36.7. The summed E-state index contributed by atoms with van der Waals surface area (Å²) < 4.78 is 9.24. The van der Waals surface area contributed by atoms with Crippen molar-refractivity contribution in [1.29, 1.82) is 0 Å². The molecule has 3 N–H and O–H groups in total. The number of hydrogen-bond acceptors (Lipinski definition) is 6. The van der Waals surface area contributed by atoms with Crippen LogP contribution in [0.1, 0.15) is 77.1 Å². The molecule has 0 unspecified atom stereocenters. The van der Waals surface area contributed by atoms with Gasteiger partial charge in [-0.2, -0.15) is 0 Å². The average molecular weight is 686 g/mol. The molecule has 2 aromatic heterocycles. The Kier molecular flexibility index (Phi) is 11.0. The number of benzene rings is 1. The minimum absolute atomic E-state index is 0.0246. The summed E-state index contributed by atoms with van der Waals surface area (Å²) in [5, 5.41) is 17.1. The SMILES string of the molecule is Cn1cnc2c(c(-c3cc(Cl)c(OCC[Si](C)(C)C)c(C(=O)NC(C)(C)CC(C)(C)C)c3)cn2CC(=O)N[C@@H]2CCCC[C@H]2O)c1=O. The summed E-state index contributed by atoms with van der Waals surface area (Å²) >= 11 is 6.90. The number of rotatable bonds is 11. The lowest BCUT2D eigenvalue weighted by atomic mass is 9.81. The van der Waals surface area contributed by atoms with Gasteiger partial charge >= 0.3 is 0 Å². The molecule has 2 heterocycles. The van der Waals surface area contributed by atoms with Crippen LogP contribution < -0.4 is 20.9 Å². The second kappa shape index (κ2) is 14.1. The van der Waals surface area contributed by atoms with Crippen LogP contribution in [0.15, 0.2) is 29.5 Å². The number of ether oxygens (including phenoxy) is 1. The van der Waals surface area contributed by atoms with Crippen LogP contribution >= 0.6 is 11.6 Å². The standard InChI is InChI=1S/C35H52ClN5O5Si/c1-34(2,3)20-35(4,5)39-32(44)23-16-22(17-25(36)30(23)46-14-15-47(7,8)9)24-18-41(31-29(24)33(45)40(6)21-37-31)19-28(43)38-26-12-10-11-13-27(26)42/h16-18,21,26-27,42H,10-15,19-20H2,1-9H3,(H,38,43)(H,39,44)/t26-,27-/m1/s1. The third-order valence-corrected chi connectivity index (χ3v) is 10.4. The maximum Gasteiger partial charge on any atom is 0.263 e.